The van der Waals surface area contributed by atoms with Gasteiger partial charge in [-0.3, -0.25) is 4.89 Å². The molecule has 1 saturated carbocycles. The highest BCUT2D eigenvalue weighted by atomic mass is 17.2. The van der Waals surface area contributed by atoms with E-state index in [1.807, 2.05) is 27.7 Å². The lowest BCUT2D eigenvalue weighted by molar-refractivity contribution is -0.234. The Morgan fingerprint density at radius 1 is 0.800 bits per heavy atom. The zero-order valence-electron chi connectivity index (χ0n) is 13.1. The lowest BCUT2D eigenvalue weighted by atomic mass is 9.90. The average Bonchev–Trinajstić information content (AvgIpc) is 2.94. The van der Waals surface area contributed by atoms with E-state index in [0.29, 0.717) is 5.56 Å². The highest BCUT2D eigenvalue weighted by Crippen LogP contribution is 2.30. The molecule has 0 atom stereocenters. The fourth-order valence-corrected chi connectivity index (χ4v) is 2.80. The molecule has 1 fully saturated rings. The molecule has 1 aromatic carbocycles. The predicted molar refractivity (Wildman–Crippen MR) is 78.3 cm³/mol. The van der Waals surface area contributed by atoms with Crippen LogP contribution in [0.1, 0.15) is 63.9 Å². The number of hydrogen-bond donors (Lipinski definition) is 0. The number of benzene rings is 1. The van der Waals surface area contributed by atoms with Gasteiger partial charge < -0.3 is 0 Å². The zero-order valence-corrected chi connectivity index (χ0v) is 13.1. The summed E-state index contributed by atoms with van der Waals surface area (Å²) in [6.07, 6.45) is 4.92. The van der Waals surface area contributed by atoms with E-state index in [-0.39, 0.29) is 5.97 Å². The lowest BCUT2D eigenvalue weighted by Crippen LogP contribution is -2.14. The molecule has 0 bridgehead atoms. The van der Waals surface area contributed by atoms with Crippen LogP contribution in [0.4, 0.5) is 0 Å². The molecule has 2 rings (SSSR count). The highest BCUT2D eigenvalue weighted by molar-refractivity contribution is 5.93. The maximum atomic E-state index is 12.3. The van der Waals surface area contributed by atoms with E-state index in [2.05, 4.69) is 6.92 Å². The fraction of sp³-hybridized carbons (Fsp3) is 0.529. The fourth-order valence-electron chi connectivity index (χ4n) is 2.80. The van der Waals surface area contributed by atoms with E-state index in [1.165, 1.54) is 5.56 Å². The summed E-state index contributed by atoms with van der Waals surface area (Å²) in [5, 5.41) is 0. The first-order valence-corrected chi connectivity index (χ1v) is 7.24. The van der Waals surface area contributed by atoms with Crippen LogP contribution in [0.25, 0.3) is 0 Å². The van der Waals surface area contributed by atoms with Gasteiger partial charge in [-0.25, -0.2) is 4.79 Å². The Morgan fingerprint density at radius 2 is 1.25 bits per heavy atom. The Labute approximate surface area is 121 Å². The van der Waals surface area contributed by atoms with E-state index in [0.717, 1.165) is 54.0 Å². The van der Waals surface area contributed by atoms with E-state index < -0.39 is 0 Å². The van der Waals surface area contributed by atoms with Crippen molar-refractivity contribution in [2.45, 2.75) is 60.3 Å². The molecule has 1 aliphatic rings. The molecule has 0 N–H and O–H groups in total. The van der Waals surface area contributed by atoms with Gasteiger partial charge in [0.25, 0.3) is 0 Å². The summed E-state index contributed by atoms with van der Waals surface area (Å²) in [4.78, 5) is 22.6. The molecule has 1 aliphatic carbocycles. The molecule has 0 saturated heterocycles. The molecular formula is C17H23O3. The van der Waals surface area contributed by atoms with Crippen molar-refractivity contribution in [3.63, 3.8) is 0 Å². The van der Waals surface area contributed by atoms with Crippen LogP contribution in [-0.4, -0.2) is 5.97 Å². The Hall–Kier alpha value is -1.35. The summed E-state index contributed by atoms with van der Waals surface area (Å²) < 4.78 is 0. The van der Waals surface area contributed by atoms with Gasteiger partial charge in [-0.2, -0.15) is 4.89 Å². The van der Waals surface area contributed by atoms with Crippen molar-refractivity contribution in [2.75, 3.05) is 0 Å². The maximum absolute atomic E-state index is 12.3. The molecule has 109 valence electrons. The summed E-state index contributed by atoms with van der Waals surface area (Å²) in [7, 11) is 0. The minimum atomic E-state index is -0.384. The smallest absolute Gasteiger partial charge is 0.292 e. The van der Waals surface area contributed by atoms with Gasteiger partial charge in [0.1, 0.15) is 6.10 Å². The van der Waals surface area contributed by atoms with Gasteiger partial charge in [-0.05, 0) is 75.3 Å². The van der Waals surface area contributed by atoms with Gasteiger partial charge in [-0.1, -0.05) is 12.8 Å². The summed E-state index contributed by atoms with van der Waals surface area (Å²) in [5.41, 5.74) is 6.14. The van der Waals surface area contributed by atoms with Crippen molar-refractivity contribution in [3.05, 3.63) is 39.5 Å². The highest BCUT2D eigenvalue weighted by Gasteiger charge is 2.23. The van der Waals surface area contributed by atoms with Gasteiger partial charge in [0, 0.05) is 0 Å². The number of hydrogen-bond acceptors (Lipinski definition) is 3. The van der Waals surface area contributed by atoms with E-state index in [4.69, 9.17) is 9.78 Å². The van der Waals surface area contributed by atoms with E-state index >= 15 is 0 Å². The van der Waals surface area contributed by atoms with E-state index in [1.54, 1.807) is 0 Å². The average molecular weight is 275 g/mol. The second-order valence-electron chi connectivity index (χ2n) is 5.70. The molecule has 0 heterocycles. The Bertz CT molecular complexity index is 497. The van der Waals surface area contributed by atoms with Crippen LogP contribution >= 0.6 is 0 Å². The van der Waals surface area contributed by atoms with Gasteiger partial charge >= 0.3 is 5.97 Å². The molecule has 1 radical (unpaired) electrons. The van der Waals surface area contributed by atoms with Crippen molar-refractivity contribution in [2.24, 2.45) is 0 Å². The minimum Gasteiger partial charge on any atom is -0.292 e. The van der Waals surface area contributed by atoms with Gasteiger partial charge in [0.15, 0.2) is 0 Å². The first-order valence-electron chi connectivity index (χ1n) is 7.24. The van der Waals surface area contributed by atoms with Crippen LogP contribution in [0.15, 0.2) is 0 Å². The van der Waals surface area contributed by atoms with Crippen molar-refractivity contribution >= 4 is 5.97 Å². The molecule has 0 spiro atoms. The van der Waals surface area contributed by atoms with Gasteiger partial charge in [-0.15, -0.1) is 0 Å². The first kappa shape index (κ1) is 15.0. The second kappa shape index (κ2) is 5.96. The van der Waals surface area contributed by atoms with Crippen LogP contribution in [0.2, 0.25) is 0 Å². The number of carbonyl (C=O) groups is 1. The molecule has 1 aromatic rings. The van der Waals surface area contributed by atoms with Crippen LogP contribution in [-0.2, 0) is 9.78 Å². The van der Waals surface area contributed by atoms with Crippen molar-refractivity contribution < 1.29 is 14.6 Å². The summed E-state index contributed by atoms with van der Waals surface area (Å²) in [6.45, 7) is 10.1. The molecule has 0 aliphatic heterocycles. The molecule has 0 unspecified atom stereocenters. The molecule has 0 aromatic heterocycles. The third kappa shape index (κ3) is 2.73. The monoisotopic (exact) mass is 275 g/mol. The molecule has 3 nitrogen and oxygen atoms in total. The standard InChI is InChI=1S/C17H23O3/c1-10-11(2)13(4)16(14(5)12(10)3)17(18)20-19-15-8-6-7-9-15/h6-9H2,1-5H3. The minimum absolute atomic E-state index is 0.384. The zero-order chi connectivity index (χ0) is 14.9. The Balaban J connectivity index is 2.21. The molecule has 0 amide bonds. The molecule has 20 heavy (non-hydrogen) atoms. The number of carbonyl (C=O) groups excluding carboxylic acids is 1. The molecular weight excluding hydrogens is 252 g/mol. The van der Waals surface area contributed by atoms with Gasteiger partial charge in [0.05, 0.1) is 5.56 Å². The van der Waals surface area contributed by atoms with E-state index in [9.17, 15) is 4.79 Å². The van der Waals surface area contributed by atoms with Crippen molar-refractivity contribution in [1.82, 2.24) is 0 Å². The van der Waals surface area contributed by atoms with Crippen LogP contribution in [0.3, 0.4) is 0 Å². The first-order chi connectivity index (χ1) is 9.43. The largest absolute Gasteiger partial charge is 0.373 e. The summed E-state index contributed by atoms with van der Waals surface area (Å²) in [5.74, 6) is -0.384. The predicted octanol–water partition coefficient (Wildman–Crippen LogP) is 4.42. The third-order valence-electron chi connectivity index (χ3n) is 4.60. The van der Waals surface area contributed by atoms with Gasteiger partial charge in [0.2, 0.25) is 0 Å². The topological polar surface area (TPSA) is 35.5 Å². The number of rotatable bonds is 3. The Kier molecular flexibility index (Phi) is 4.48. The van der Waals surface area contributed by atoms with Crippen LogP contribution in [0, 0.1) is 40.7 Å². The maximum Gasteiger partial charge on any atom is 0.373 e. The normalized spacial score (nSPS) is 15.7. The molecule has 3 heteroatoms. The SMILES string of the molecule is Cc1c(C)c(C)c(C(=O)OO[C]2CCCC2)c(C)c1C. The van der Waals surface area contributed by atoms with Crippen molar-refractivity contribution in [1.29, 1.82) is 0 Å². The lowest BCUT2D eigenvalue weighted by Gasteiger charge is -2.17. The van der Waals surface area contributed by atoms with Crippen molar-refractivity contribution in [3.8, 4) is 0 Å². The third-order valence-corrected chi connectivity index (χ3v) is 4.60. The van der Waals surface area contributed by atoms with Crippen LogP contribution in [0.5, 0.6) is 0 Å². The Morgan fingerprint density at radius 3 is 1.75 bits per heavy atom. The van der Waals surface area contributed by atoms with Crippen LogP contribution < -0.4 is 0 Å². The summed E-state index contributed by atoms with van der Waals surface area (Å²) >= 11 is 0. The quantitative estimate of drug-likeness (QED) is 0.605. The second-order valence-corrected chi connectivity index (χ2v) is 5.70. The summed E-state index contributed by atoms with van der Waals surface area (Å²) in [6, 6.07) is 0.